The quantitative estimate of drug-likeness (QED) is 0.610. The predicted molar refractivity (Wildman–Crippen MR) is 82.7 cm³/mol. The molecule has 3 heteroatoms. The Bertz CT molecular complexity index is 902. The van der Waals surface area contributed by atoms with Crippen LogP contribution in [0, 0.1) is 12.3 Å². The molecule has 3 aromatic rings. The Labute approximate surface area is 123 Å². The van der Waals surface area contributed by atoms with Crippen LogP contribution in [0.15, 0.2) is 28.7 Å². The van der Waals surface area contributed by atoms with E-state index in [-0.39, 0.29) is 11.2 Å². The Morgan fingerprint density at radius 3 is 2.76 bits per heavy atom. The Morgan fingerprint density at radius 2 is 1.95 bits per heavy atom. The van der Waals surface area contributed by atoms with Crippen LogP contribution in [0.3, 0.4) is 0 Å². The average Bonchev–Trinajstić information content (AvgIpc) is 2.76. The van der Waals surface area contributed by atoms with Crippen LogP contribution >= 0.6 is 0 Å². The van der Waals surface area contributed by atoms with Crippen molar-refractivity contribution in [3.63, 3.8) is 0 Å². The summed E-state index contributed by atoms with van der Waals surface area (Å²) in [4.78, 5) is 17.3. The van der Waals surface area contributed by atoms with Crippen molar-refractivity contribution in [3.8, 4) is 0 Å². The summed E-state index contributed by atoms with van der Waals surface area (Å²) in [6.45, 7) is 6.23. The second-order valence-corrected chi connectivity index (χ2v) is 6.78. The number of para-hydroxylation sites is 1. The van der Waals surface area contributed by atoms with Gasteiger partial charge in [-0.25, -0.2) is 4.98 Å². The Morgan fingerprint density at radius 1 is 1.19 bits per heavy atom. The maximum Gasteiger partial charge on any atom is 0.165 e. The number of aryl methyl sites for hydroxylation is 1. The van der Waals surface area contributed by atoms with Gasteiger partial charge in [-0.1, -0.05) is 26.0 Å². The van der Waals surface area contributed by atoms with Gasteiger partial charge in [-0.2, -0.15) is 0 Å². The number of furan rings is 1. The SMILES string of the molecule is Cc1c2c(nc3c1oc1ccccc13)CC(C)(C)CC2=O. The number of nitrogens with zero attached hydrogens (tertiary/aromatic N) is 1. The lowest BCUT2D eigenvalue weighted by atomic mass is 9.74. The zero-order chi connectivity index (χ0) is 14.8. The van der Waals surface area contributed by atoms with Crippen molar-refractivity contribution in [3.05, 3.63) is 41.1 Å². The van der Waals surface area contributed by atoms with Gasteiger partial charge in [-0.3, -0.25) is 4.79 Å². The number of Topliss-reactive ketones (excluding diaryl/α,β-unsaturated/α-hetero) is 1. The summed E-state index contributed by atoms with van der Waals surface area (Å²) >= 11 is 0. The van der Waals surface area contributed by atoms with Crippen LogP contribution in [-0.2, 0) is 6.42 Å². The zero-order valence-electron chi connectivity index (χ0n) is 12.5. The Balaban J connectivity index is 2.12. The van der Waals surface area contributed by atoms with E-state index < -0.39 is 0 Å². The second kappa shape index (κ2) is 3.94. The maximum absolute atomic E-state index is 12.5. The highest BCUT2D eigenvalue weighted by molar-refractivity contribution is 6.08. The third-order valence-corrected chi connectivity index (χ3v) is 4.38. The van der Waals surface area contributed by atoms with Crippen molar-refractivity contribution in [2.75, 3.05) is 0 Å². The van der Waals surface area contributed by atoms with Gasteiger partial charge in [0.05, 0.1) is 5.69 Å². The standard InChI is InChI=1S/C18H17NO2/c1-10-15-12(8-18(2,3)9-13(15)20)19-16-11-6-4-5-7-14(11)21-17(10)16/h4-7H,8-9H2,1-3H3. The molecule has 106 valence electrons. The number of carbonyl (C=O) groups is 1. The summed E-state index contributed by atoms with van der Waals surface area (Å²) in [5.41, 5.74) is 5.09. The largest absolute Gasteiger partial charge is 0.454 e. The van der Waals surface area contributed by atoms with Crippen LogP contribution in [0.4, 0.5) is 0 Å². The van der Waals surface area contributed by atoms with Gasteiger partial charge in [0.25, 0.3) is 0 Å². The molecule has 0 aliphatic heterocycles. The Kier molecular flexibility index (Phi) is 2.36. The lowest BCUT2D eigenvalue weighted by Crippen LogP contribution is -2.28. The van der Waals surface area contributed by atoms with Gasteiger partial charge < -0.3 is 4.42 Å². The van der Waals surface area contributed by atoms with Crippen LogP contribution in [0.1, 0.15) is 41.9 Å². The molecule has 1 aliphatic rings. The molecule has 0 spiro atoms. The number of hydrogen-bond acceptors (Lipinski definition) is 3. The van der Waals surface area contributed by atoms with E-state index in [2.05, 4.69) is 13.8 Å². The molecule has 0 unspecified atom stereocenters. The molecule has 2 aromatic heterocycles. The van der Waals surface area contributed by atoms with Gasteiger partial charge in [0.1, 0.15) is 11.1 Å². The van der Waals surface area contributed by atoms with E-state index >= 15 is 0 Å². The first kappa shape index (κ1) is 12.6. The molecular weight excluding hydrogens is 262 g/mol. The van der Waals surface area contributed by atoms with Crippen molar-refractivity contribution in [2.45, 2.75) is 33.6 Å². The van der Waals surface area contributed by atoms with Crippen molar-refractivity contribution >= 4 is 27.9 Å². The number of aromatic nitrogens is 1. The molecule has 0 fully saturated rings. The number of carbonyl (C=O) groups excluding carboxylic acids is 1. The fourth-order valence-corrected chi connectivity index (χ4v) is 3.45. The number of hydrogen-bond donors (Lipinski definition) is 0. The van der Waals surface area contributed by atoms with E-state index in [4.69, 9.17) is 9.40 Å². The van der Waals surface area contributed by atoms with E-state index in [9.17, 15) is 4.79 Å². The van der Waals surface area contributed by atoms with Gasteiger partial charge in [0.2, 0.25) is 0 Å². The molecule has 0 radical (unpaired) electrons. The van der Waals surface area contributed by atoms with Crippen LogP contribution in [-0.4, -0.2) is 10.8 Å². The molecule has 0 amide bonds. The summed E-state index contributed by atoms with van der Waals surface area (Å²) in [6.07, 6.45) is 1.42. The first-order valence-corrected chi connectivity index (χ1v) is 7.30. The van der Waals surface area contributed by atoms with Crippen molar-refractivity contribution in [1.82, 2.24) is 4.98 Å². The summed E-state index contributed by atoms with van der Waals surface area (Å²) < 4.78 is 5.93. The van der Waals surface area contributed by atoms with E-state index in [0.29, 0.717) is 6.42 Å². The number of pyridine rings is 1. The molecule has 0 saturated heterocycles. The maximum atomic E-state index is 12.5. The van der Waals surface area contributed by atoms with Crippen LogP contribution in [0.25, 0.3) is 22.1 Å². The smallest absolute Gasteiger partial charge is 0.165 e. The fourth-order valence-electron chi connectivity index (χ4n) is 3.45. The molecule has 21 heavy (non-hydrogen) atoms. The third kappa shape index (κ3) is 1.73. The van der Waals surface area contributed by atoms with Gasteiger partial charge in [0.15, 0.2) is 11.4 Å². The lowest BCUT2D eigenvalue weighted by molar-refractivity contribution is 0.0909. The molecule has 0 bridgehead atoms. The van der Waals surface area contributed by atoms with Gasteiger partial charge >= 0.3 is 0 Å². The number of fused-ring (bicyclic) bond motifs is 4. The summed E-state index contributed by atoms with van der Waals surface area (Å²) in [6, 6.07) is 7.91. The summed E-state index contributed by atoms with van der Waals surface area (Å²) in [5.74, 6) is 0.189. The number of benzene rings is 1. The lowest BCUT2D eigenvalue weighted by Gasteiger charge is -2.30. The average molecular weight is 279 g/mol. The zero-order valence-corrected chi connectivity index (χ0v) is 12.5. The molecular formula is C18H17NO2. The fraction of sp³-hybridized carbons (Fsp3) is 0.333. The van der Waals surface area contributed by atoms with Gasteiger partial charge in [0, 0.05) is 22.9 Å². The van der Waals surface area contributed by atoms with E-state index in [1.807, 2.05) is 31.2 Å². The highest BCUT2D eigenvalue weighted by atomic mass is 16.3. The van der Waals surface area contributed by atoms with E-state index in [1.54, 1.807) is 0 Å². The molecule has 0 saturated carbocycles. The normalized spacial score (nSPS) is 17.4. The highest BCUT2D eigenvalue weighted by Crippen LogP contribution is 2.39. The minimum Gasteiger partial charge on any atom is -0.454 e. The van der Waals surface area contributed by atoms with Gasteiger partial charge in [-0.05, 0) is 30.9 Å². The monoisotopic (exact) mass is 279 g/mol. The molecule has 0 atom stereocenters. The summed E-state index contributed by atoms with van der Waals surface area (Å²) in [5, 5.41) is 1.02. The van der Waals surface area contributed by atoms with Crippen molar-refractivity contribution < 1.29 is 9.21 Å². The van der Waals surface area contributed by atoms with Crippen LogP contribution < -0.4 is 0 Å². The Hall–Kier alpha value is -2.16. The van der Waals surface area contributed by atoms with E-state index in [1.165, 1.54) is 0 Å². The molecule has 2 heterocycles. The highest BCUT2D eigenvalue weighted by Gasteiger charge is 2.34. The van der Waals surface area contributed by atoms with Crippen molar-refractivity contribution in [2.24, 2.45) is 5.41 Å². The molecule has 4 rings (SSSR count). The first-order chi connectivity index (χ1) is 9.96. The molecule has 1 aromatic carbocycles. The molecule has 3 nitrogen and oxygen atoms in total. The minimum atomic E-state index is -0.0171. The summed E-state index contributed by atoms with van der Waals surface area (Å²) in [7, 11) is 0. The first-order valence-electron chi connectivity index (χ1n) is 7.30. The topological polar surface area (TPSA) is 43.1 Å². The second-order valence-electron chi connectivity index (χ2n) is 6.78. The molecule has 1 aliphatic carbocycles. The minimum absolute atomic E-state index is 0.0171. The van der Waals surface area contributed by atoms with Crippen LogP contribution in [0.5, 0.6) is 0 Å². The number of rotatable bonds is 0. The van der Waals surface area contributed by atoms with E-state index in [0.717, 1.165) is 45.3 Å². The number of ketones is 1. The van der Waals surface area contributed by atoms with Crippen LogP contribution in [0.2, 0.25) is 0 Å². The molecule has 0 N–H and O–H groups in total. The predicted octanol–water partition coefficient (Wildman–Crippen LogP) is 4.44. The van der Waals surface area contributed by atoms with Gasteiger partial charge in [-0.15, -0.1) is 0 Å². The third-order valence-electron chi connectivity index (χ3n) is 4.38. The van der Waals surface area contributed by atoms with Crippen molar-refractivity contribution in [1.29, 1.82) is 0 Å².